The third-order valence-corrected chi connectivity index (χ3v) is 8.96. The molecule has 0 saturated heterocycles. The highest BCUT2D eigenvalue weighted by Gasteiger charge is 2.48. The van der Waals surface area contributed by atoms with Crippen LogP contribution in [-0.2, 0) is 4.87 Å². The Balaban J connectivity index is 1.60. The smallest absolute Gasteiger partial charge is 0.230 e. The molecule has 5 rings (SSSR count). The van der Waals surface area contributed by atoms with Crippen LogP contribution in [0.5, 0.6) is 0 Å². The highest BCUT2D eigenvalue weighted by Crippen LogP contribution is 2.53. The maximum Gasteiger partial charge on any atom is 0.230 e. The predicted octanol–water partition coefficient (Wildman–Crippen LogP) is 7.68. The molecule has 0 fully saturated rings. The zero-order valence-electron chi connectivity index (χ0n) is 19.5. The number of anilines is 1. The van der Waals surface area contributed by atoms with Crippen LogP contribution in [0.2, 0.25) is 10.0 Å². The summed E-state index contributed by atoms with van der Waals surface area (Å²) in [6.45, 7) is 1.87. The maximum atomic E-state index is 14.2. The summed E-state index contributed by atoms with van der Waals surface area (Å²) in [5.74, 6) is -0.818. The van der Waals surface area contributed by atoms with Crippen LogP contribution in [-0.4, -0.2) is 15.2 Å². The van der Waals surface area contributed by atoms with E-state index in [1.54, 1.807) is 0 Å². The molecule has 1 aromatic heterocycles. The molecule has 2 unspecified atom stereocenters. The first kappa shape index (κ1) is 26.1. The molecule has 0 amide bonds. The molecule has 0 bridgehead atoms. The van der Waals surface area contributed by atoms with Gasteiger partial charge in [-0.05, 0) is 67.3 Å². The van der Waals surface area contributed by atoms with Gasteiger partial charge in [-0.3, -0.25) is 0 Å². The van der Waals surface area contributed by atoms with Gasteiger partial charge in [-0.2, -0.15) is 5.10 Å². The molecule has 4 aromatic rings. The number of aryl methyl sites for hydroxylation is 1. The highest BCUT2D eigenvalue weighted by molar-refractivity contribution is 8.15. The molecule has 11 heteroatoms. The lowest BCUT2D eigenvalue weighted by atomic mass is 9.95. The Morgan fingerprint density at radius 3 is 2.38 bits per heavy atom. The summed E-state index contributed by atoms with van der Waals surface area (Å²) < 4.78 is 28.2. The van der Waals surface area contributed by atoms with Gasteiger partial charge in [0.2, 0.25) is 5.13 Å². The Labute approximate surface area is 231 Å². The van der Waals surface area contributed by atoms with Gasteiger partial charge in [0.05, 0.1) is 5.02 Å². The Morgan fingerprint density at radius 2 is 1.68 bits per heavy atom. The maximum absolute atomic E-state index is 14.2. The lowest BCUT2D eigenvalue weighted by Crippen LogP contribution is -2.38. The van der Waals surface area contributed by atoms with Gasteiger partial charge >= 0.3 is 0 Å². The van der Waals surface area contributed by atoms with Gasteiger partial charge in [-0.15, -0.1) is 10.2 Å². The zero-order chi connectivity index (χ0) is 26.2. The van der Waals surface area contributed by atoms with E-state index in [0.717, 1.165) is 10.6 Å². The van der Waals surface area contributed by atoms with Gasteiger partial charge in [0.25, 0.3) is 0 Å². The van der Waals surface area contributed by atoms with Crippen LogP contribution in [0, 0.1) is 18.6 Å². The number of halogens is 4. The Morgan fingerprint density at radius 1 is 0.973 bits per heavy atom. The summed E-state index contributed by atoms with van der Waals surface area (Å²) in [6.07, 6.45) is 0.924. The molecule has 2 N–H and O–H groups in total. The minimum Gasteiger partial charge on any atom is -0.324 e. The van der Waals surface area contributed by atoms with Crippen molar-refractivity contribution >= 4 is 56.5 Å². The summed E-state index contributed by atoms with van der Waals surface area (Å²) >= 11 is 15.7. The van der Waals surface area contributed by atoms with Crippen LogP contribution in [0.4, 0.5) is 13.9 Å². The summed E-state index contributed by atoms with van der Waals surface area (Å²) in [6, 6.07) is 17.6. The van der Waals surface area contributed by atoms with E-state index in [1.165, 1.54) is 59.5 Å². The molecule has 190 valence electrons. The van der Waals surface area contributed by atoms with Crippen LogP contribution in [0.15, 0.2) is 71.8 Å². The van der Waals surface area contributed by atoms with Crippen molar-refractivity contribution < 1.29 is 8.78 Å². The highest BCUT2D eigenvalue weighted by atomic mass is 35.5. The summed E-state index contributed by atoms with van der Waals surface area (Å²) in [5.41, 5.74) is 8.49. The van der Waals surface area contributed by atoms with E-state index in [1.807, 2.05) is 42.3 Å². The third kappa shape index (κ3) is 5.24. The Bertz CT molecular complexity index is 1470. The van der Waals surface area contributed by atoms with Gasteiger partial charge in [0.1, 0.15) is 26.6 Å². The van der Waals surface area contributed by atoms with E-state index >= 15 is 0 Å². The third-order valence-electron chi connectivity index (χ3n) is 6.03. The van der Waals surface area contributed by atoms with Crippen molar-refractivity contribution in [3.8, 4) is 0 Å². The fourth-order valence-electron chi connectivity index (χ4n) is 4.22. The number of nitrogens with zero attached hydrogens (tertiary/aromatic N) is 4. The van der Waals surface area contributed by atoms with E-state index in [0.29, 0.717) is 44.2 Å². The quantitative estimate of drug-likeness (QED) is 0.245. The van der Waals surface area contributed by atoms with Gasteiger partial charge < -0.3 is 5.73 Å². The first-order chi connectivity index (χ1) is 17.8. The number of hydrogen-bond acceptors (Lipinski definition) is 7. The van der Waals surface area contributed by atoms with E-state index in [-0.39, 0.29) is 0 Å². The van der Waals surface area contributed by atoms with Crippen LogP contribution in [0.1, 0.15) is 40.6 Å². The fraction of sp³-hybridized carbons (Fsp3) is 0.192. The molecule has 2 heterocycles. The number of rotatable bonds is 7. The average molecular weight is 577 g/mol. The number of nitrogens with two attached hydrogens (primary N) is 1. The van der Waals surface area contributed by atoms with Gasteiger partial charge in [0.15, 0.2) is 0 Å². The van der Waals surface area contributed by atoms with Crippen LogP contribution in [0.25, 0.3) is 0 Å². The number of hydrogen-bond donors (Lipinski definition) is 1. The van der Waals surface area contributed by atoms with E-state index in [4.69, 9.17) is 34.0 Å². The lowest BCUT2D eigenvalue weighted by Gasteiger charge is -2.36. The van der Waals surface area contributed by atoms with Gasteiger partial charge in [-0.25, -0.2) is 13.8 Å². The average Bonchev–Trinajstić information content (AvgIpc) is 3.50. The van der Waals surface area contributed by atoms with Crippen molar-refractivity contribution in [1.82, 2.24) is 10.2 Å². The van der Waals surface area contributed by atoms with Crippen molar-refractivity contribution in [2.24, 2.45) is 10.8 Å². The molecule has 1 aliphatic rings. The van der Waals surface area contributed by atoms with Gasteiger partial charge in [0, 0.05) is 16.6 Å². The summed E-state index contributed by atoms with van der Waals surface area (Å²) in [7, 11) is 0. The van der Waals surface area contributed by atoms with Crippen molar-refractivity contribution in [3.05, 3.63) is 110 Å². The van der Waals surface area contributed by atoms with Crippen LogP contribution >= 0.6 is 46.3 Å². The standard InChI is InChI=1S/C26H21Cl2F2N5S2/c1-15-32-33-25(36-15)35-26(16-5-3-2-4-6-16,12-11-23(31)19-13-17(29)7-9-21(19)27)37-24(34-35)20-14-18(30)8-10-22(20)28/h2-10,13-14,23H,11-12,31H2,1H3. The second-order valence-electron chi connectivity index (χ2n) is 8.51. The molecule has 3 aromatic carbocycles. The number of aromatic nitrogens is 2. The van der Waals surface area contributed by atoms with Crippen molar-refractivity contribution in [3.63, 3.8) is 0 Å². The van der Waals surface area contributed by atoms with E-state index in [2.05, 4.69) is 10.2 Å². The second-order valence-corrected chi connectivity index (χ2v) is 11.7. The predicted molar refractivity (Wildman–Crippen MR) is 148 cm³/mol. The second kappa shape index (κ2) is 10.7. The monoisotopic (exact) mass is 575 g/mol. The molecule has 0 spiro atoms. The minimum absolute atomic E-state index is 0.383. The molecule has 1 aliphatic heterocycles. The molecular formula is C26H21Cl2F2N5S2. The van der Waals surface area contributed by atoms with Crippen molar-refractivity contribution in [2.45, 2.75) is 30.7 Å². The number of benzene rings is 3. The summed E-state index contributed by atoms with van der Waals surface area (Å²) in [4.78, 5) is -0.810. The largest absolute Gasteiger partial charge is 0.324 e. The topological polar surface area (TPSA) is 67.4 Å². The van der Waals surface area contributed by atoms with Crippen molar-refractivity contribution in [2.75, 3.05) is 5.01 Å². The first-order valence-corrected chi connectivity index (χ1v) is 13.7. The molecule has 0 saturated carbocycles. The van der Waals surface area contributed by atoms with Gasteiger partial charge in [-0.1, -0.05) is 76.6 Å². The molecule has 5 nitrogen and oxygen atoms in total. The van der Waals surface area contributed by atoms with E-state index in [9.17, 15) is 8.78 Å². The molecule has 0 radical (unpaired) electrons. The molecule has 2 atom stereocenters. The first-order valence-electron chi connectivity index (χ1n) is 11.4. The SMILES string of the molecule is Cc1nnc(N2N=C(c3cc(F)ccc3Cl)SC2(CCC(N)c2cc(F)ccc2Cl)c2ccccc2)s1. The van der Waals surface area contributed by atoms with Crippen LogP contribution < -0.4 is 10.7 Å². The normalized spacial score (nSPS) is 18.2. The molecular weight excluding hydrogens is 555 g/mol. The number of hydrazone groups is 1. The number of thioether (sulfide) groups is 1. The fourth-order valence-corrected chi connectivity index (χ4v) is 6.92. The molecule has 37 heavy (non-hydrogen) atoms. The van der Waals surface area contributed by atoms with Crippen LogP contribution in [0.3, 0.4) is 0 Å². The minimum atomic E-state index is -0.810. The molecule has 0 aliphatic carbocycles. The van der Waals surface area contributed by atoms with Crippen molar-refractivity contribution in [1.29, 1.82) is 0 Å². The Hall–Kier alpha value is -2.56. The summed E-state index contributed by atoms with van der Waals surface area (Å²) in [5, 5.41) is 17.9. The lowest BCUT2D eigenvalue weighted by molar-refractivity contribution is 0.484. The Kier molecular flexibility index (Phi) is 7.51. The zero-order valence-corrected chi connectivity index (χ0v) is 22.7. The van der Waals surface area contributed by atoms with E-state index < -0.39 is 22.5 Å².